The van der Waals surface area contributed by atoms with Crippen molar-refractivity contribution in [1.82, 2.24) is 0 Å². The molecule has 0 radical (unpaired) electrons. The van der Waals surface area contributed by atoms with E-state index >= 15 is 0 Å². The molecular formula is C13H17NO2. The second kappa shape index (κ2) is 4.74. The van der Waals surface area contributed by atoms with Gasteiger partial charge in [-0.25, -0.2) is 0 Å². The molecule has 1 aromatic rings. The average molecular weight is 219 g/mol. The molecule has 0 heterocycles. The van der Waals surface area contributed by atoms with Gasteiger partial charge in [-0.05, 0) is 18.4 Å². The van der Waals surface area contributed by atoms with Crippen molar-refractivity contribution in [2.45, 2.75) is 43.7 Å². The molecule has 0 amide bonds. The molecule has 0 spiro atoms. The largest absolute Gasteiger partial charge is 0.387 e. The molecule has 1 aliphatic carbocycles. The zero-order valence-electron chi connectivity index (χ0n) is 9.30. The molecule has 0 bridgehead atoms. The van der Waals surface area contributed by atoms with E-state index in [1.165, 1.54) is 0 Å². The van der Waals surface area contributed by atoms with Crippen LogP contribution in [0.5, 0.6) is 0 Å². The minimum Gasteiger partial charge on any atom is -0.387 e. The van der Waals surface area contributed by atoms with Gasteiger partial charge < -0.3 is 5.11 Å². The summed E-state index contributed by atoms with van der Waals surface area (Å²) in [5.41, 5.74) is -0.108. The lowest BCUT2D eigenvalue weighted by atomic mass is 9.77. The first-order valence-electron chi connectivity index (χ1n) is 5.86. The van der Waals surface area contributed by atoms with Crippen molar-refractivity contribution in [2.75, 3.05) is 0 Å². The molecule has 0 saturated heterocycles. The quantitative estimate of drug-likeness (QED) is 0.794. The Morgan fingerprint density at radius 2 is 1.75 bits per heavy atom. The Bertz CT molecular complexity index is 344. The van der Waals surface area contributed by atoms with E-state index in [2.05, 4.69) is 5.18 Å². The van der Waals surface area contributed by atoms with Crippen LogP contribution in [0.15, 0.2) is 35.5 Å². The molecule has 1 aliphatic rings. The van der Waals surface area contributed by atoms with E-state index < -0.39 is 11.6 Å². The van der Waals surface area contributed by atoms with Gasteiger partial charge in [-0.1, -0.05) is 54.8 Å². The first kappa shape index (κ1) is 11.3. The van der Waals surface area contributed by atoms with Crippen LogP contribution in [-0.4, -0.2) is 10.7 Å². The summed E-state index contributed by atoms with van der Waals surface area (Å²) >= 11 is 0. The van der Waals surface area contributed by atoms with Crippen molar-refractivity contribution in [3.05, 3.63) is 40.8 Å². The first-order valence-corrected chi connectivity index (χ1v) is 5.86. The van der Waals surface area contributed by atoms with Crippen LogP contribution in [0.3, 0.4) is 0 Å². The summed E-state index contributed by atoms with van der Waals surface area (Å²) < 4.78 is 0. The molecule has 1 saturated carbocycles. The Morgan fingerprint density at radius 3 is 2.31 bits per heavy atom. The fourth-order valence-corrected chi connectivity index (χ4v) is 2.54. The van der Waals surface area contributed by atoms with E-state index in [1.54, 1.807) is 0 Å². The van der Waals surface area contributed by atoms with Gasteiger partial charge >= 0.3 is 0 Å². The summed E-state index contributed by atoms with van der Waals surface area (Å²) in [6.45, 7) is 0. The molecule has 86 valence electrons. The average Bonchev–Trinajstić information content (AvgIpc) is 2.32. The van der Waals surface area contributed by atoms with E-state index in [1.807, 2.05) is 30.3 Å². The van der Waals surface area contributed by atoms with Crippen molar-refractivity contribution in [2.24, 2.45) is 5.18 Å². The molecular weight excluding hydrogens is 202 g/mol. The standard InChI is InChI=1S/C13H17NO2/c15-13(9-5-2-6-10-13)12(14-16)11-7-3-1-4-8-11/h1,3-4,7-8,12,15H,2,5-6,9-10H2. The lowest BCUT2D eigenvalue weighted by Gasteiger charge is -2.35. The minimum absolute atomic E-state index is 0.617. The van der Waals surface area contributed by atoms with E-state index in [4.69, 9.17) is 0 Å². The predicted molar refractivity (Wildman–Crippen MR) is 63.0 cm³/mol. The number of aliphatic hydroxyl groups is 1. The van der Waals surface area contributed by atoms with Gasteiger partial charge in [0.1, 0.15) is 6.04 Å². The zero-order valence-corrected chi connectivity index (χ0v) is 9.30. The van der Waals surface area contributed by atoms with Crippen molar-refractivity contribution in [1.29, 1.82) is 0 Å². The fourth-order valence-electron chi connectivity index (χ4n) is 2.54. The molecule has 1 unspecified atom stereocenters. The van der Waals surface area contributed by atoms with Crippen LogP contribution in [0.2, 0.25) is 0 Å². The third kappa shape index (κ3) is 2.14. The molecule has 0 aliphatic heterocycles. The molecule has 2 rings (SSSR count). The lowest BCUT2D eigenvalue weighted by Crippen LogP contribution is -2.37. The second-order valence-corrected chi connectivity index (χ2v) is 4.58. The van der Waals surface area contributed by atoms with Crippen molar-refractivity contribution < 1.29 is 5.11 Å². The number of hydrogen-bond donors (Lipinski definition) is 1. The van der Waals surface area contributed by atoms with Crippen LogP contribution in [0.25, 0.3) is 0 Å². The van der Waals surface area contributed by atoms with Crippen molar-refractivity contribution >= 4 is 0 Å². The number of nitroso groups, excluding NO2 is 1. The highest BCUT2D eigenvalue weighted by Gasteiger charge is 2.39. The maximum atomic E-state index is 11.0. The minimum atomic E-state index is -0.929. The number of benzene rings is 1. The highest BCUT2D eigenvalue weighted by molar-refractivity contribution is 5.22. The third-order valence-corrected chi connectivity index (χ3v) is 3.45. The van der Waals surface area contributed by atoms with Crippen LogP contribution in [0.4, 0.5) is 0 Å². The number of rotatable bonds is 3. The van der Waals surface area contributed by atoms with Gasteiger partial charge in [0.05, 0.1) is 5.60 Å². The van der Waals surface area contributed by atoms with Crippen LogP contribution < -0.4 is 0 Å². The molecule has 1 N–H and O–H groups in total. The van der Waals surface area contributed by atoms with Gasteiger partial charge in [-0.15, -0.1) is 0 Å². The Hall–Kier alpha value is -1.22. The lowest BCUT2D eigenvalue weighted by molar-refractivity contribution is -0.0199. The molecule has 1 atom stereocenters. The highest BCUT2D eigenvalue weighted by Crippen LogP contribution is 2.40. The van der Waals surface area contributed by atoms with E-state index in [0.717, 1.165) is 24.8 Å². The predicted octanol–water partition coefficient (Wildman–Crippen LogP) is 3.19. The molecule has 16 heavy (non-hydrogen) atoms. The molecule has 3 heteroatoms. The third-order valence-electron chi connectivity index (χ3n) is 3.45. The van der Waals surface area contributed by atoms with Crippen LogP contribution in [-0.2, 0) is 0 Å². The summed E-state index contributed by atoms with van der Waals surface area (Å²) in [7, 11) is 0. The normalized spacial score (nSPS) is 21.3. The fraction of sp³-hybridized carbons (Fsp3) is 0.538. The van der Waals surface area contributed by atoms with Crippen molar-refractivity contribution in [3.8, 4) is 0 Å². The monoisotopic (exact) mass is 219 g/mol. The van der Waals surface area contributed by atoms with E-state index in [-0.39, 0.29) is 0 Å². The second-order valence-electron chi connectivity index (χ2n) is 4.58. The SMILES string of the molecule is O=NC(c1ccccc1)C1(O)CCCCC1. The highest BCUT2D eigenvalue weighted by atomic mass is 16.3. The molecule has 1 aromatic carbocycles. The van der Waals surface area contributed by atoms with Gasteiger partial charge in [0.25, 0.3) is 0 Å². The summed E-state index contributed by atoms with van der Waals surface area (Å²) in [5, 5.41) is 13.6. The Balaban J connectivity index is 2.25. The Labute approximate surface area is 95.5 Å². The maximum absolute atomic E-state index is 11.0. The van der Waals surface area contributed by atoms with Crippen molar-refractivity contribution in [3.63, 3.8) is 0 Å². The van der Waals surface area contributed by atoms with Gasteiger partial charge in [0, 0.05) is 0 Å². The van der Waals surface area contributed by atoms with Gasteiger partial charge in [0.15, 0.2) is 0 Å². The Morgan fingerprint density at radius 1 is 1.12 bits per heavy atom. The summed E-state index contributed by atoms with van der Waals surface area (Å²) in [5.74, 6) is 0. The van der Waals surface area contributed by atoms with E-state index in [9.17, 15) is 10.0 Å². The Kier molecular flexibility index (Phi) is 3.34. The summed E-state index contributed by atoms with van der Waals surface area (Å²) in [4.78, 5) is 11.0. The van der Waals surface area contributed by atoms with Crippen LogP contribution >= 0.6 is 0 Å². The maximum Gasteiger partial charge on any atom is 0.145 e. The smallest absolute Gasteiger partial charge is 0.145 e. The summed E-state index contributed by atoms with van der Waals surface area (Å²) in [6.07, 6.45) is 4.46. The van der Waals surface area contributed by atoms with Crippen LogP contribution in [0, 0.1) is 4.91 Å². The van der Waals surface area contributed by atoms with E-state index in [0.29, 0.717) is 12.8 Å². The summed E-state index contributed by atoms with van der Waals surface area (Å²) in [6, 6.07) is 8.75. The topological polar surface area (TPSA) is 49.7 Å². The zero-order chi connectivity index (χ0) is 11.4. The number of nitrogens with zero attached hydrogens (tertiary/aromatic N) is 1. The molecule has 3 nitrogen and oxygen atoms in total. The molecule has 0 aromatic heterocycles. The molecule has 1 fully saturated rings. The van der Waals surface area contributed by atoms with Gasteiger partial charge in [-0.3, -0.25) is 0 Å². The van der Waals surface area contributed by atoms with Crippen LogP contribution in [0.1, 0.15) is 43.7 Å². The first-order chi connectivity index (χ1) is 7.76. The number of hydrogen-bond acceptors (Lipinski definition) is 3. The van der Waals surface area contributed by atoms with Gasteiger partial charge in [-0.2, -0.15) is 4.91 Å². The van der Waals surface area contributed by atoms with Gasteiger partial charge in [0.2, 0.25) is 0 Å².